The van der Waals surface area contributed by atoms with E-state index in [1.807, 2.05) is 0 Å². The molecule has 0 aromatic heterocycles. The Morgan fingerprint density at radius 2 is 2.06 bits per heavy atom. The minimum atomic E-state index is -4.67. The number of benzene rings is 1. The topological polar surface area (TPSA) is 26.3 Å². The van der Waals surface area contributed by atoms with Crippen LogP contribution in [-0.4, -0.2) is 18.6 Å². The predicted molar refractivity (Wildman–Crippen MR) is 63.7 cm³/mol. The van der Waals surface area contributed by atoms with Crippen molar-refractivity contribution in [3.05, 3.63) is 32.8 Å². The molecule has 1 heterocycles. The number of ether oxygens (including phenoxy) is 1. The van der Waals surface area contributed by atoms with Crippen molar-refractivity contribution >= 4 is 39.9 Å². The van der Waals surface area contributed by atoms with E-state index in [1.54, 1.807) is 0 Å². The van der Waals surface area contributed by atoms with Crippen molar-refractivity contribution in [1.82, 2.24) is 0 Å². The number of halogens is 5. The summed E-state index contributed by atoms with van der Waals surface area (Å²) in [5.41, 5.74) is -0.152. The fourth-order valence-electron chi connectivity index (χ4n) is 1.60. The van der Waals surface area contributed by atoms with Gasteiger partial charge < -0.3 is 4.74 Å². The molecule has 1 aliphatic heterocycles. The number of carbonyl (C=O) groups excluding carboxylic acids is 1. The number of aldehydes is 1. The fourth-order valence-corrected chi connectivity index (χ4v) is 2.48. The largest absolute Gasteiger partial charge is 0.474 e. The van der Waals surface area contributed by atoms with Gasteiger partial charge in [0.05, 0.1) is 5.02 Å². The average molecular weight is 342 g/mol. The molecule has 1 aromatic rings. The molecule has 1 aliphatic rings. The maximum absolute atomic E-state index is 12.7. The van der Waals surface area contributed by atoms with Crippen LogP contribution in [0.25, 0.3) is 6.08 Å². The highest BCUT2D eigenvalue weighted by atomic mass is 79.9. The first kappa shape index (κ1) is 13.4. The van der Waals surface area contributed by atoms with Crippen molar-refractivity contribution < 1.29 is 22.7 Å². The Balaban J connectivity index is 2.57. The standard InChI is InChI=1S/C11H5BrClF3O2/c12-7-2-5-1-6(4-17)10(11(14,15)16)18-9(5)8(13)3-7/h1-4,10H. The van der Waals surface area contributed by atoms with Crippen molar-refractivity contribution in [2.45, 2.75) is 12.3 Å². The van der Waals surface area contributed by atoms with Crippen LogP contribution in [0.5, 0.6) is 5.75 Å². The third-order valence-electron chi connectivity index (χ3n) is 2.33. The lowest BCUT2D eigenvalue weighted by Gasteiger charge is -2.27. The summed E-state index contributed by atoms with van der Waals surface area (Å²) < 4.78 is 43.5. The molecule has 1 atom stereocenters. The number of hydrogen-bond acceptors (Lipinski definition) is 2. The van der Waals surface area contributed by atoms with E-state index in [4.69, 9.17) is 16.3 Å². The molecule has 0 spiro atoms. The molecule has 7 heteroatoms. The average Bonchev–Trinajstić information content (AvgIpc) is 2.25. The van der Waals surface area contributed by atoms with Crippen LogP contribution in [-0.2, 0) is 4.79 Å². The second-order valence-electron chi connectivity index (χ2n) is 3.61. The number of alkyl halides is 3. The molecule has 0 radical (unpaired) electrons. The molecule has 1 aromatic carbocycles. The minimum absolute atomic E-state index is 0.0508. The molecule has 0 saturated carbocycles. The zero-order chi connectivity index (χ0) is 13.5. The van der Waals surface area contributed by atoms with Crippen LogP contribution < -0.4 is 4.74 Å². The fraction of sp³-hybridized carbons (Fsp3) is 0.182. The molecule has 0 fully saturated rings. The van der Waals surface area contributed by atoms with E-state index in [-0.39, 0.29) is 17.1 Å². The van der Waals surface area contributed by atoms with E-state index >= 15 is 0 Å². The van der Waals surface area contributed by atoms with Crippen molar-refractivity contribution in [3.8, 4) is 5.75 Å². The lowest BCUT2D eigenvalue weighted by Crippen LogP contribution is -2.38. The van der Waals surface area contributed by atoms with Crippen molar-refractivity contribution in [3.63, 3.8) is 0 Å². The van der Waals surface area contributed by atoms with Crippen LogP contribution >= 0.6 is 27.5 Å². The number of rotatable bonds is 1. The van der Waals surface area contributed by atoms with Gasteiger partial charge in [0.25, 0.3) is 0 Å². The molecule has 2 nitrogen and oxygen atoms in total. The molecule has 0 bridgehead atoms. The van der Waals surface area contributed by atoms with Gasteiger partial charge in [0.1, 0.15) is 12.0 Å². The summed E-state index contributed by atoms with van der Waals surface area (Å²) >= 11 is 8.97. The number of carbonyl (C=O) groups is 1. The van der Waals surface area contributed by atoms with Crippen LogP contribution in [0.4, 0.5) is 13.2 Å². The molecule has 0 amide bonds. The molecular weight excluding hydrogens is 336 g/mol. The second-order valence-corrected chi connectivity index (χ2v) is 4.93. The van der Waals surface area contributed by atoms with E-state index in [1.165, 1.54) is 12.1 Å². The zero-order valence-electron chi connectivity index (χ0n) is 8.59. The second kappa shape index (κ2) is 4.59. The van der Waals surface area contributed by atoms with Crippen molar-refractivity contribution in [1.29, 1.82) is 0 Å². The van der Waals surface area contributed by atoms with Gasteiger partial charge in [-0.3, -0.25) is 4.79 Å². The van der Waals surface area contributed by atoms with Gasteiger partial charge in [-0.25, -0.2) is 0 Å². The van der Waals surface area contributed by atoms with Gasteiger partial charge in [-0.05, 0) is 18.2 Å². The van der Waals surface area contributed by atoms with Crippen LogP contribution in [0.2, 0.25) is 5.02 Å². The van der Waals surface area contributed by atoms with E-state index in [0.717, 1.165) is 6.08 Å². The third kappa shape index (κ3) is 2.40. The molecule has 2 rings (SSSR count). The summed E-state index contributed by atoms with van der Waals surface area (Å²) in [6.07, 6.45) is -5.68. The number of hydrogen-bond donors (Lipinski definition) is 0. The Bertz CT molecular complexity index is 540. The zero-order valence-corrected chi connectivity index (χ0v) is 10.9. The van der Waals surface area contributed by atoms with Crippen LogP contribution in [0, 0.1) is 0 Å². The molecular formula is C11H5BrClF3O2. The van der Waals surface area contributed by atoms with Crippen molar-refractivity contribution in [2.24, 2.45) is 0 Å². The lowest BCUT2D eigenvalue weighted by molar-refractivity contribution is -0.184. The van der Waals surface area contributed by atoms with E-state index in [0.29, 0.717) is 10.0 Å². The first-order chi connectivity index (χ1) is 8.32. The molecule has 18 heavy (non-hydrogen) atoms. The Hall–Kier alpha value is -1.01. The number of fused-ring (bicyclic) bond motifs is 1. The van der Waals surface area contributed by atoms with E-state index in [2.05, 4.69) is 15.9 Å². The predicted octanol–water partition coefficient (Wildman–Crippen LogP) is 4.01. The molecule has 0 saturated heterocycles. The minimum Gasteiger partial charge on any atom is -0.474 e. The summed E-state index contributed by atoms with van der Waals surface area (Å²) in [6.45, 7) is 0. The molecule has 96 valence electrons. The van der Waals surface area contributed by atoms with Gasteiger partial charge in [0.2, 0.25) is 6.10 Å². The van der Waals surface area contributed by atoms with Gasteiger partial charge in [-0.2, -0.15) is 13.2 Å². The maximum atomic E-state index is 12.7. The summed E-state index contributed by atoms with van der Waals surface area (Å²) in [5, 5.41) is 0.0508. The summed E-state index contributed by atoms with van der Waals surface area (Å²) in [7, 11) is 0. The highest BCUT2D eigenvalue weighted by Gasteiger charge is 2.46. The maximum Gasteiger partial charge on any atom is 0.429 e. The highest BCUT2D eigenvalue weighted by Crippen LogP contribution is 2.41. The molecule has 1 unspecified atom stereocenters. The van der Waals surface area contributed by atoms with E-state index < -0.39 is 17.9 Å². The molecule has 0 aliphatic carbocycles. The summed E-state index contributed by atoms with van der Waals surface area (Å²) in [4.78, 5) is 10.7. The Kier molecular flexibility index (Phi) is 3.42. The first-order valence-electron chi connectivity index (χ1n) is 4.72. The quantitative estimate of drug-likeness (QED) is 0.722. The Labute approximate surface area is 114 Å². The smallest absolute Gasteiger partial charge is 0.429 e. The van der Waals surface area contributed by atoms with Crippen LogP contribution in [0.3, 0.4) is 0 Å². The normalized spacial score (nSPS) is 18.7. The first-order valence-corrected chi connectivity index (χ1v) is 5.89. The van der Waals surface area contributed by atoms with Crippen LogP contribution in [0.15, 0.2) is 22.2 Å². The van der Waals surface area contributed by atoms with Gasteiger partial charge in [0, 0.05) is 15.6 Å². The summed E-state index contributed by atoms with van der Waals surface area (Å²) in [6, 6.07) is 2.95. The highest BCUT2D eigenvalue weighted by molar-refractivity contribution is 9.10. The molecule has 0 N–H and O–H groups in total. The van der Waals surface area contributed by atoms with Crippen molar-refractivity contribution in [2.75, 3.05) is 0 Å². The lowest BCUT2D eigenvalue weighted by atomic mass is 10.0. The Morgan fingerprint density at radius 3 is 2.61 bits per heavy atom. The van der Waals surface area contributed by atoms with Gasteiger partial charge >= 0.3 is 6.18 Å². The monoisotopic (exact) mass is 340 g/mol. The van der Waals surface area contributed by atoms with Gasteiger partial charge in [-0.15, -0.1) is 0 Å². The summed E-state index contributed by atoms with van der Waals surface area (Å²) in [5.74, 6) is -0.0761. The Morgan fingerprint density at radius 1 is 1.39 bits per heavy atom. The van der Waals surface area contributed by atoms with Gasteiger partial charge in [0.15, 0.2) is 0 Å². The SMILES string of the molecule is O=CC1=Cc2cc(Br)cc(Cl)c2OC1C(F)(F)F. The van der Waals surface area contributed by atoms with Gasteiger partial charge in [-0.1, -0.05) is 27.5 Å². The van der Waals surface area contributed by atoms with Crippen LogP contribution in [0.1, 0.15) is 5.56 Å². The van der Waals surface area contributed by atoms with E-state index in [9.17, 15) is 18.0 Å². The third-order valence-corrected chi connectivity index (χ3v) is 3.07.